The molecule has 0 spiro atoms. The highest BCUT2D eigenvalue weighted by molar-refractivity contribution is 5.95. The van der Waals surface area contributed by atoms with Crippen molar-refractivity contribution in [3.8, 4) is 17.6 Å². The van der Waals surface area contributed by atoms with Crippen molar-refractivity contribution in [3.63, 3.8) is 0 Å². The summed E-state index contributed by atoms with van der Waals surface area (Å²) in [7, 11) is 1.52. The molecule has 0 radical (unpaired) electrons. The van der Waals surface area contributed by atoms with E-state index >= 15 is 0 Å². The summed E-state index contributed by atoms with van der Waals surface area (Å²) in [6.45, 7) is 5.58. The number of nitrogens with one attached hydrogen (secondary N) is 2. The van der Waals surface area contributed by atoms with Gasteiger partial charge in [-0.3, -0.25) is 4.79 Å². The second kappa shape index (κ2) is 8.50. The minimum atomic E-state index is -0.232. The van der Waals surface area contributed by atoms with Gasteiger partial charge in [0.2, 0.25) is 0 Å². The molecule has 3 aromatic heterocycles. The average molecular weight is 463 g/mol. The molecule has 10 heteroatoms. The van der Waals surface area contributed by atoms with Crippen molar-refractivity contribution < 1.29 is 19.0 Å². The Labute approximate surface area is 196 Å². The Balaban J connectivity index is 1.44. The highest BCUT2D eigenvalue weighted by atomic mass is 16.5. The number of hydrogen-bond acceptors (Lipinski definition) is 8. The molecule has 2 aliphatic rings. The van der Waals surface area contributed by atoms with Crippen molar-refractivity contribution in [1.29, 1.82) is 5.26 Å². The van der Waals surface area contributed by atoms with Crippen LogP contribution in [0.2, 0.25) is 0 Å². The fourth-order valence-corrected chi connectivity index (χ4v) is 3.99. The van der Waals surface area contributed by atoms with E-state index in [4.69, 9.17) is 14.2 Å². The number of nitriles is 1. The number of hydrogen-bond donors (Lipinski definition) is 2. The Hall–Kier alpha value is -3.84. The van der Waals surface area contributed by atoms with Crippen molar-refractivity contribution in [3.05, 3.63) is 35.7 Å². The minimum Gasteiger partial charge on any atom is -0.493 e. The summed E-state index contributed by atoms with van der Waals surface area (Å²) in [6.07, 6.45) is 5.06. The van der Waals surface area contributed by atoms with E-state index < -0.39 is 0 Å². The van der Waals surface area contributed by atoms with Crippen LogP contribution >= 0.6 is 0 Å². The van der Waals surface area contributed by atoms with Gasteiger partial charge in [0.25, 0.3) is 5.91 Å². The number of methoxy groups -OCH3 is 1. The van der Waals surface area contributed by atoms with E-state index in [0.29, 0.717) is 65.0 Å². The lowest BCUT2D eigenvalue weighted by Crippen LogP contribution is -2.44. The van der Waals surface area contributed by atoms with Gasteiger partial charge in [0.1, 0.15) is 28.9 Å². The summed E-state index contributed by atoms with van der Waals surface area (Å²) in [4.78, 5) is 26.8. The van der Waals surface area contributed by atoms with Gasteiger partial charge in [-0.1, -0.05) is 0 Å². The molecule has 1 saturated carbocycles. The quantitative estimate of drug-likeness (QED) is 0.571. The van der Waals surface area contributed by atoms with E-state index in [1.165, 1.54) is 13.3 Å². The van der Waals surface area contributed by atoms with Crippen molar-refractivity contribution in [2.45, 2.75) is 38.4 Å². The summed E-state index contributed by atoms with van der Waals surface area (Å²) in [5, 5.41) is 13.3. The van der Waals surface area contributed by atoms with Crippen LogP contribution in [0.25, 0.3) is 11.0 Å². The maximum Gasteiger partial charge on any atom is 0.255 e. The summed E-state index contributed by atoms with van der Waals surface area (Å²) in [5.41, 5.74) is 1.22. The number of carbonyl (C=O) groups excluding carboxylic acids is 1. The molecule has 5 rings (SSSR count). The fourth-order valence-electron chi connectivity index (χ4n) is 3.99. The topological polar surface area (TPSA) is 125 Å². The first-order valence-electron chi connectivity index (χ1n) is 11.2. The predicted molar refractivity (Wildman–Crippen MR) is 124 cm³/mol. The number of fused-ring (bicyclic) bond motifs is 1. The first-order chi connectivity index (χ1) is 16.4. The highest BCUT2D eigenvalue weighted by Crippen LogP contribution is 2.43. The highest BCUT2D eigenvalue weighted by Gasteiger charge is 2.40. The van der Waals surface area contributed by atoms with Crippen LogP contribution in [0.3, 0.4) is 0 Å². The van der Waals surface area contributed by atoms with Crippen LogP contribution in [-0.4, -0.2) is 64.3 Å². The number of carbonyl (C=O) groups is 1. The molecule has 176 valence electrons. The van der Waals surface area contributed by atoms with Crippen LogP contribution in [0.15, 0.2) is 24.5 Å². The Bertz CT molecular complexity index is 1290. The van der Waals surface area contributed by atoms with Crippen LogP contribution in [0.5, 0.6) is 11.5 Å². The molecule has 0 bridgehead atoms. The molecule has 34 heavy (non-hydrogen) atoms. The third-order valence-electron chi connectivity index (χ3n) is 6.13. The van der Waals surface area contributed by atoms with Crippen LogP contribution in [-0.2, 0) is 4.74 Å². The van der Waals surface area contributed by atoms with E-state index in [1.807, 2.05) is 13.8 Å². The van der Waals surface area contributed by atoms with Crippen molar-refractivity contribution in [2.75, 3.05) is 32.1 Å². The number of aromatic nitrogens is 3. The lowest BCUT2D eigenvalue weighted by molar-refractivity contribution is -0.0124. The second-order valence-corrected chi connectivity index (χ2v) is 8.93. The molecule has 2 fully saturated rings. The third kappa shape index (κ3) is 4.22. The van der Waals surface area contributed by atoms with Gasteiger partial charge in [-0.2, -0.15) is 5.26 Å². The number of ether oxygens (including phenoxy) is 3. The molecule has 0 aromatic carbocycles. The van der Waals surface area contributed by atoms with Crippen molar-refractivity contribution >= 4 is 28.6 Å². The van der Waals surface area contributed by atoms with Crippen molar-refractivity contribution in [1.82, 2.24) is 19.9 Å². The molecule has 10 nitrogen and oxygen atoms in total. The number of anilines is 2. The number of H-pyrrole nitrogens is 1. The average Bonchev–Trinajstić information content (AvgIpc) is 3.40. The van der Waals surface area contributed by atoms with Gasteiger partial charge in [-0.05, 0) is 32.8 Å². The number of aromatic amines is 1. The second-order valence-electron chi connectivity index (χ2n) is 8.93. The Morgan fingerprint density at radius 2 is 2.21 bits per heavy atom. The van der Waals surface area contributed by atoms with Crippen LogP contribution in [0, 0.1) is 11.3 Å². The predicted octanol–water partition coefficient (Wildman–Crippen LogP) is 3.37. The smallest absolute Gasteiger partial charge is 0.255 e. The Morgan fingerprint density at radius 1 is 1.38 bits per heavy atom. The van der Waals surface area contributed by atoms with Gasteiger partial charge in [0.15, 0.2) is 11.6 Å². The fraction of sp³-hybridized carbons (Fsp3) is 0.417. The van der Waals surface area contributed by atoms with Gasteiger partial charge in [0.05, 0.1) is 36.3 Å². The zero-order valence-electron chi connectivity index (χ0n) is 19.3. The summed E-state index contributed by atoms with van der Waals surface area (Å²) < 4.78 is 17.3. The van der Waals surface area contributed by atoms with E-state index in [2.05, 4.69) is 26.3 Å². The number of pyridine rings is 2. The van der Waals surface area contributed by atoms with Crippen LogP contribution in [0.1, 0.15) is 42.6 Å². The molecule has 3 aromatic rings. The number of amides is 1. The SMILES string of the molecule is COc1cc(C(=O)N2CCOC(C)C2)cnc1Nc1cc(OC2(C)CC2)c2c(C#N)c[nH]c2n1. The van der Waals surface area contributed by atoms with Gasteiger partial charge in [0, 0.05) is 31.5 Å². The van der Waals surface area contributed by atoms with Crippen molar-refractivity contribution in [2.24, 2.45) is 0 Å². The molecule has 1 atom stereocenters. The van der Waals surface area contributed by atoms with Crippen LogP contribution in [0.4, 0.5) is 11.6 Å². The maximum atomic E-state index is 12.9. The van der Waals surface area contributed by atoms with Crippen LogP contribution < -0.4 is 14.8 Å². The molecule has 1 aliphatic carbocycles. The monoisotopic (exact) mass is 462 g/mol. The Morgan fingerprint density at radius 3 is 2.91 bits per heavy atom. The van der Waals surface area contributed by atoms with E-state index in [0.717, 1.165) is 12.8 Å². The molecular formula is C24H26N6O4. The first kappa shape index (κ1) is 22.0. The minimum absolute atomic E-state index is 0.00154. The van der Waals surface area contributed by atoms with E-state index in [1.54, 1.807) is 23.2 Å². The third-order valence-corrected chi connectivity index (χ3v) is 6.13. The van der Waals surface area contributed by atoms with E-state index in [-0.39, 0.29) is 17.6 Å². The molecule has 1 amide bonds. The molecule has 1 saturated heterocycles. The maximum absolute atomic E-state index is 12.9. The van der Waals surface area contributed by atoms with E-state index in [9.17, 15) is 10.1 Å². The summed E-state index contributed by atoms with van der Waals surface area (Å²) in [6, 6.07) is 5.61. The zero-order chi connectivity index (χ0) is 23.9. The number of nitrogens with zero attached hydrogens (tertiary/aromatic N) is 4. The normalized spacial score (nSPS) is 18.9. The molecular weight excluding hydrogens is 436 g/mol. The lowest BCUT2D eigenvalue weighted by atomic mass is 10.2. The zero-order valence-corrected chi connectivity index (χ0v) is 19.3. The van der Waals surface area contributed by atoms with Gasteiger partial charge in [-0.15, -0.1) is 0 Å². The largest absolute Gasteiger partial charge is 0.493 e. The summed E-state index contributed by atoms with van der Waals surface area (Å²) in [5.74, 6) is 1.77. The molecule has 2 N–H and O–H groups in total. The molecule has 1 unspecified atom stereocenters. The first-order valence-corrected chi connectivity index (χ1v) is 11.2. The number of rotatable bonds is 6. The lowest BCUT2D eigenvalue weighted by Gasteiger charge is -2.31. The van der Waals surface area contributed by atoms with Gasteiger partial charge < -0.3 is 29.4 Å². The van der Waals surface area contributed by atoms with Gasteiger partial charge in [-0.25, -0.2) is 9.97 Å². The summed E-state index contributed by atoms with van der Waals surface area (Å²) >= 11 is 0. The molecule has 4 heterocycles. The molecule has 1 aliphatic heterocycles. The standard InChI is InChI=1S/C24H26N6O4/c1-14-13-30(6-7-33-14)23(31)15-8-18(32-3)21(26-11-15)28-19-9-17(34-24(2)4-5-24)20-16(10-25)12-27-22(20)29-19/h8-9,11-12,14H,4-7,13H2,1-3H3,(H2,26,27,28,29). The number of morpholine rings is 1. The Kier molecular flexibility index (Phi) is 5.49. The van der Waals surface area contributed by atoms with Gasteiger partial charge >= 0.3 is 0 Å².